The van der Waals surface area contributed by atoms with E-state index in [0.717, 1.165) is 12.1 Å². The number of guanidine groups is 2. The Balaban J connectivity index is 2.48. The van der Waals surface area contributed by atoms with Crippen LogP contribution in [0.5, 0.6) is 0 Å². The van der Waals surface area contributed by atoms with Crippen molar-refractivity contribution < 1.29 is 0 Å². The highest BCUT2D eigenvalue weighted by atomic mass is 15.4. The first-order valence-corrected chi connectivity index (χ1v) is 6.97. The fraction of sp³-hybridized carbons (Fsp3) is 0.467. The number of nitrogens with zero attached hydrogens (tertiary/aromatic N) is 3. The van der Waals surface area contributed by atoms with Crippen LogP contribution in [-0.4, -0.2) is 17.6 Å². The zero-order valence-corrected chi connectivity index (χ0v) is 12.6. The highest BCUT2D eigenvalue weighted by Gasteiger charge is 2.40. The number of hydrogen-bond acceptors (Lipinski definition) is 5. The van der Waals surface area contributed by atoms with Crippen molar-refractivity contribution in [3.05, 3.63) is 29.8 Å². The van der Waals surface area contributed by atoms with Crippen molar-refractivity contribution in [2.45, 2.75) is 39.8 Å². The Hall–Kier alpha value is -2.04. The van der Waals surface area contributed by atoms with Gasteiger partial charge in [-0.2, -0.15) is 4.99 Å². The van der Waals surface area contributed by atoms with Crippen LogP contribution in [0.3, 0.4) is 0 Å². The summed E-state index contributed by atoms with van der Waals surface area (Å²) < 4.78 is 0. The zero-order chi connectivity index (χ0) is 14.9. The maximum atomic E-state index is 6.10. The Kier molecular flexibility index (Phi) is 3.70. The molecule has 20 heavy (non-hydrogen) atoms. The molecule has 1 aromatic rings. The first-order chi connectivity index (χ1) is 9.38. The van der Waals surface area contributed by atoms with Crippen LogP contribution < -0.4 is 16.4 Å². The van der Waals surface area contributed by atoms with E-state index in [1.807, 2.05) is 11.8 Å². The summed E-state index contributed by atoms with van der Waals surface area (Å²) in [5, 5.41) is 0. The molecular formula is C15H23N5. The lowest BCUT2D eigenvalue weighted by atomic mass is 9.95. The van der Waals surface area contributed by atoms with Crippen LogP contribution in [0.1, 0.15) is 33.3 Å². The number of benzene rings is 1. The van der Waals surface area contributed by atoms with Crippen LogP contribution in [0.25, 0.3) is 0 Å². The number of aryl methyl sites for hydroxylation is 1. The van der Waals surface area contributed by atoms with Gasteiger partial charge in [-0.05, 0) is 37.0 Å². The molecule has 0 fully saturated rings. The molecule has 1 atom stereocenters. The van der Waals surface area contributed by atoms with Crippen LogP contribution in [0, 0.1) is 5.92 Å². The molecule has 0 saturated carbocycles. The summed E-state index contributed by atoms with van der Waals surface area (Å²) in [6.07, 6.45) is 1.01. The molecule has 0 amide bonds. The minimum atomic E-state index is -0.524. The van der Waals surface area contributed by atoms with E-state index in [1.54, 1.807) is 0 Å². The molecule has 1 aliphatic heterocycles. The Morgan fingerprint density at radius 2 is 1.80 bits per heavy atom. The molecule has 0 aromatic heterocycles. The average molecular weight is 273 g/mol. The van der Waals surface area contributed by atoms with Crippen molar-refractivity contribution in [2.24, 2.45) is 27.4 Å². The summed E-state index contributed by atoms with van der Waals surface area (Å²) in [4.78, 5) is 10.6. The maximum Gasteiger partial charge on any atom is 0.220 e. The van der Waals surface area contributed by atoms with Crippen LogP contribution in [0.15, 0.2) is 34.3 Å². The molecule has 5 nitrogen and oxygen atoms in total. The van der Waals surface area contributed by atoms with Gasteiger partial charge < -0.3 is 11.5 Å². The van der Waals surface area contributed by atoms with Gasteiger partial charge in [0.25, 0.3) is 0 Å². The molecule has 4 N–H and O–H groups in total. The van der Waals surface area contributed by atoms with Crippen molar-refractivity contribution in [3.63, 3.8) is 0 Å². The number of nitrogens with two attached hydrogens (primary N) is 2. The van der Waals surface area contributed by atoms with E-state index in [4.69, 9.17) is 11.5 Å². The van der Waals surface area contributed by atoms with E-state index in [0.29, 0.717) is 5.96 Å². The number of aliphatic imine (C=N–C) groups is 2. The molecule has 2 rings (SSSR count). The molecular weight excluding hydrogens is 250 g/mol. The monoisotopic (exact) mass is 273 g/mol. The molecule has 0 aliphatic carbocycles. The van der Waals surface area contributed by atoms with Gasteiger partial charge in [-0.15, -0.1) is 0 Å². The molecule has 0 bridgehead atoms. The zero-order valence-electron chi connectivity index (χ0n) is 12.6. The highest BCUT2D eigenvalue weighted by molar-refractivity contribution is 6.05. The molecule has 5 heteroatoms. The van der Waals surface area contributed by atoms with Gasteiger partial charge in [0, 0.05) is 5.69 Å². The SMILES string of the molecule is CCc1ccc(N2C(N)=NC(N)=NC2(C)C(C)C)cc1. The van der Waals surface area contributed by atoms with Gasteiger partial charge in [0.2, 0.25) is 11.9 Å². The predicted molar refractivity (Wildman–Crippen MR) is 84.8 cm³/mol. The van der Waals surface area contributed by atoms with Gasteiger partial charge in [0.1, 0.15) is 5.66 Å². The normalized spacial score (nSPS) is 22.8. The number of rotatable bonds is 3. The third kappa shape index (κ3) is 2.35. The second-order valence-electron chi connectivity index (χ2n) is 5.54. The fourth-order valence-electron chi connectivity index (χ4n) is 2.37. The molecule has 1 aromatic carbocycles. The van der Waals surface area contributed by atoms with Gasteiger partial charge in [0.15, 0.2) is 0 Å². The van der Waals surface area contributed by atoms with E-state index < -0.39 is 5.66 Å². The largest absolute Gasteiger partial charge is 0.369 e. The molecule has 0 spiro atoms. The van der Waals surface area contributed by atoms with Crippen LogP contribution >= 0.6 is 0 Å². The van der Waals surface area contributed by atoms with Gasteiger partial charge in [0.05, 0.1) is 0 Å². The van der Waals surface area contributed by atoms with E-state index in [2.05, 4.69) is 55.0 Å². The summed E-state index contributed by atoms with van der Waals surface area (Å²) in [6, 6.07) is 8.31. The van der Waals surface area contributed by atoms with E-state index >= 15 is 0 Å². The predicted octanol–water partition coefficient (Wildman–Crippen LogP) is 2.07. The van der Waals surface area contributed by atoms with Gasteiger partial charge >= 0.3 is 0 Å². The summed E-state index contributed by atoms with van der Waals surface area (Å²) in [5.74, 6) is 0.860. The lowest BCUT2D eigenvalue weighted by molar-refractivity contribution is 0.351. The topological polar surface area (TPSA) is 80.0 Å². The Bertz CT molecular complexity index is 544. The summed E-state index contributed by atoms with van der Waals surface area (Å²) in [5.41, 5.74) is 13.6. The minimum absolute atomic E-state index is 0.236. The Morgan fingerprint density at radius 1 is 1.20 bits per heavy atom. The van der Waals surface area contributed by atoms with Crippen molar-refractivity contribution in [3.8, 4) is 0 Å². The van der Waals surface area contributed by atoms with Gasteiger partial charge in [-0.3, -0.25) is 4.90 Å². The highest BCUT2D eigenvalue weighted by Crippen LogP contribution is 2.33. The van der Waals surface area contributed by atoms with Gasteiger partial charge in [-0.1, -0.05) is 32.9 Å². The van der Waals surface area contributed by atoms with E-state index in [1.165, 1.54) is 5.56 Å². The van der Waals surface area contributed by atoms with Crippen molar-refractivity contribution in [1.29, 1.82) is 0 Å². The molecule has 108 valence electrons. The average Bonchev–Trinajstić information content (AvgIpc) is 2.38. The molecule has 0 saturated heterocycles. The van der Waals surface area contributed by atoms with Gasteiger partial charge in [-0.25, -0.2) is 4.99 Å². The van der Waals surface area contributed by atoms with E-state index in [9.17, 15) is 0 Å². The molecule has 1 aliphatic rings. The summed E-state index contributed by atoms with van der Waals surface area (Å²) >= 11 is 0. The second kappa shape index (κ2) is 5.15. The Morgan fingerprint density at radius 3 is 2.30 bits per heavy atom. The standard InChI is InChI=1S/C15H23N5/c1-5-11-6-8-12(9-7-11)20-14(17)18-13(16)19-15(20,4)10(2)3/h6-10H,5H2,1-4H3,(H4,16,17,18,19). The number of anilines is 1. The van der Waals surface area contributed by atoms with Crippen LogP contribution in [0.4, 0.5) is 5.69 Å². The first kappa shape index (κ1) is 14.4. The third-order valence-electron chi connectivity index (χ3n) is 3.95. The second-order valence-corrected chi connectivity index (χ2v) is 5.54. The third-order valence-corrected chi connectivity index (χ3v) is 3.95. The lowest BCUT2D eigenvalue weighted by Gasteiger charge is -2.43. The van der Waals surface area contributed by atoms with Crippen LogP contribution in [-0.2, 0) is 6.42 Å². The molecule has 0 radical (unpaired) electrons. The fourth-order valence-corrected chi connectivity index (χ4v) is 2.37. The van der Waals surface area contributed by atoms with Crippen molar-refractivity contribution in [2.75, 3.05) is 4.90 Å². The summed E-state index contributed by atoms with van der Waals surface area (Å²) in [7, 11) is 0. The van der Waals surface area contributed by atoms with Crippen LogP contribution in [0.2, 0.25) is 0 Å². The number of hydrogen-bond donors (Lipinski definition) is 2. The van der Waals surface area contributed by atoms with E-state index in [-0.39, 0.29) is 11.9 Å². The quantitative estimate of drug-likeness (QED) is 0.884. The van der Waals surface area contributed by atoms with Crippen molar-refractivity contribution >= 4 is 17.6 Å². The summed E-state index contributed by atoms with van der Waals surface area (Å²) in [6.45, 7) is 8.36. The molecule has 1 heterocycles. The molecule has 1 unspecified atom stereocenters. The first-order valence-electron chi connectivity index (χ1n) is 6.97. The lowest BCUT2D eigenvalue weighted by Crippen LogP contribution is -2.58. The smallest absolute Gasteiger partial charge is 0.220 e. The minimum Gasteiger partial charge on any atom is -0.369 e. The Labute approximate surface area is 120 Å². The van der Waals surface area contributed by atoms with Crippen molar-refractivity contribution in [1.82, 2.24) is 0 Å². The maximum absolute atomic E-state index is 6.10.